The molecule has 2 aliphatic rings. The highest BCUT2D eigenvalue weighted by atomic mass is 16.5. The molecule has 1 N–H and O–H groups in total. The van der Waals surface area contributed by atoms with E-state index >= 15 is 0 Å². The van der Waals surface area contributed by atoms with Crippen LogP contribution in [0.2, 0.25) is 0 Å². The molecule has 9 rings (SSSR count). The van der Waals surface area contributed by atoms with E-state index in [0.717, 1.165) is 93.9 Å². The van der Waals surface area contributed by atoms with Crippen molar-refractivity contribution in [3.8, 4) is 51.0 Å². The lowest BCUT2D eigenvalue weighted by atomic mass is 9.67. The molecule has 1 atom stereocenters. The van der Waals surface area contributed by atoms with Crippen LogP contribution in [0.3, 0.4) is 0 Å². The first-order valence-electron chi connectivity index (χ1n) is 24.6. The van der Waals surface area contributed by atoms with Crippen LogP contribution in [-0.4, -0.2) is 18.3 Å². The summed E-state index contributed by atoms with van der Waals surface area (Å²) in [4.78, 5) is 2.30. The summed E-state index contributed by atoms with van der Waals surface area (Å²) >= 11 is 0. The molecule has 1 aliphatic carbocycles. The molecule has 0 amide bonds. The second-order valence-electron chi connectivity index (χ2n) is 18.4. The Morgan fingerprint density at radius 2 is 0.939 bits per heavy atom. The van der Waals surface area contributed by atoms with Gasteiger partial charge in [-0.15, -0.1) is 0 Å². The Morgan fingerprint density at radius 1 is 0.470 bits per heavy atom. The molecule has 1 aliphatic heterocycles. The van der Waals surface area contributed by atoms with Gasteiger partial charge in [0, 0.05) is 5.69 Å². The third-order valence-electron chi connectivity index (χ3n) is 13.6. The van der Waals surface area contributed by atoms with E-state index in [1.807, 2.05) is 12.1 Å². The molecule has 0 saturated heterocycles. The molecule has 0 radical (unpaired) electrons. The lowest BCUT2D eigenvalue weighted by Crippen LogP contribution is -2.28. The van der Waals surface area contributed by atoms with Crippen LogP contribution in [0.1, 0.15) is 124 Å². The Kier molecular flexibility index (Phi) is 13.8. The van der Waals surface area contributed by atoms with Gasteiger partial charge in [-0.1, -0.05) is 150 Å². The van der Waals surface area contributed by atoms with Gasteiger partial charge < -0.3 is 24.2 Å². The summed E-state index contributed by atoms with van der Waals surface area (Å²) < 4.78 is 19.3. The van der Waals surface area contributed by atoms with E-state index in [9.17, 15) is 5.11 Å². The van der Waals surface area contributed by atoms with Gasteiger partial charge in [0.15, 0.2) is 11.5 Å². The number of ether oxygens (including phenoxy) is 3. The Hall–Kier alpha value is -6.46. The average molecular weight is 876 g/mol. The van der Waals surface area contributed by atoms with Crippen molar-refractivity contribution in [3.05, 3.63) is 179 Å². The van der Waals surface area contributed by atoms with Crippen molar-refractivity contribution in [3.63, 3.8) is 0 Å². The number of benzene rings is 7. The maximum Gasteiger partial charge on any atom is 0.152 e. The fraction of sp³-hybridized carbons (Fsp3) is 0.311. The van der Waals surface area contributed by atoms with Crippen LogP contribution in [-0.2, 0) is 5.41 Å². The van der Waals surface area contributed by atoms with Crippen molar-refractivity contribution < 1.29 is 19.3 Å². The number of nitrogens with zero attached hydrogens (tertiary/aromatic N) is 1. The zero-order valence-electron chi connectivity index (χ0n) is 39.4. The van der Waals surface area contributed by atoms with Gasteiger partial charge in [-0.25, -0.2) is 0 Å². The number of phenols is 1. The molecular formula is C61H65NO4. The molecule has 7 aromatic carbocycles. The summed E-state index contributed by atoms with van der Waals surface area (Å²) in [5, 5.41) is 10.6. The Balaban J connectivity index is 1.06. The summed E-state index contributed by atoms with van der Waals surface area (Å²) in [6.07, 6.45) is 14.8. The zero-order chi connectivity index (χ0) is 45.5. The van der Waals surface area contributed by atoms with Crippen molar-refractivity contribution in [1.29, 1.82) is 0 Å². The molecule has 0 aromatic heterocycles. The normalized spacial score (nSPS) is 14.5. The number of hydrogen-bond donors (Lipinski definition) is 1. The van der Waals surface area contributed by atoms with Crippen LogP contribution in [0.4, 0.5) is 17.1 Å². The number of rotatable bonds is 20. The zero-order valence-corrected chi connectivity index (χ0v) is 39.4. The van der Waals surface area contributed by atoms with Gasteiger partial charge in [-0.2, -0.15) is 0 Å². The summed E-state index contributed by atoms with van der Waals surface area (Å²) in [7, 11) is 0. The van der Waals surface area contributed by atoms with Crippen LogP contribution < -0.4 is 19.1 Å². The molecule has 0 saturated carbocycles. The van der Waals surface area contributed by atoms with Crippen molar-refractivity contribution in [2.45, 2.75) is 110 Å². The molecule has 0 fully saturated rings. The van der Waals surface area contributed by atoms with Crippen molar-refractivity contribution in [2.75, 3.05) is 18.1 Å². The molecule has 5 heteroatoms. The first-order valence-corrected chi connectivity index (χ1v) is 24.6. The number of aromatic hydroxyl groups is 1. The lowest BCUT2D eigenvalue weighted by molar-refractivity contribution is 0.304. The predicted octanol–water partition coefficient (Wildman–Crippen LogP) is 17.1. The minimum absolute atomic E-state index is 0.247. The smallest absolute Gasteiger partial charge is 0.152 e. The standard InChI is InChI=1S/C61H65NO4/c1-5-7-9-11-13-15-37-64-51-29-23-48(24-30-51)61(47-21-27-50(63)28-22-47)55-39-43(3)17-33-53(55)54-34-19-45(41-56(54)61)46-20-36-58-60(42-46)66-59-40-44(4)18-35-57(59)62(58)49-25-31-52(32-26-49)65-38-16-14-12-10-8-6-2/h17-36,39-42,63H,5-16,37-38H2,1-4H3. The SMILES string of the molecule is CCCCCCCCOc1ccc(N2c3ccc(C)cc3Oc3cc(-c4ccc5c(c4)C(c4ccc(O)cc4)(c4ccc(OCCCCCCCC)cc4)c4cc(C)ccc4-5)ccc32)cc1. The van der Waals surface area contributed by atoms with E-state index in [4.69, 9.17) is 14.2 Å². The van der Waals surface area contributed by atoms with E-state index in [0.29, 0.717) is 0 Å². The highest BCUT2D eigenvalue weighted by Gasteiger charge is 2.46. The summed E-state index contributed by atoms with van der Waals surface area (Å²) in [6.45, 7) is 10.3. The van der Waals surface area contributed by atoms with Gasteiger partial charge >= 0.3 is 0 Å². The largest absolute Gasteiger partial charge is 0.508 e. The van der Waals surface area contributed by atoms with Crippen LogP contribution in [0.25, 0.3) is 22.3 Å². The highest BCUT2D eigenvalue weighted by molar-refractivity contribution is 5.91. The molecule has 1 heterocycles. The highest BCUT2D eigenvalue weighted by Crippen LogP contribution is 2.58. The number of unbranched alkanes of at least 4 members (excludes halogenated alkanes) is 10. The van der Waals surface area contributed by atoms with Crippen molar-refractivity contribution in [2.24, 2.45) is 0 Å². The molecule has 1 unspecified atom stereocenters. The van der Waals surface area contributed by atoms with Crippen molar-refractivity contribution in [1.82, 2.24) is 0 Å². The summed E-state index contributed by atoms with van der Waals surface area (Å²) in [5.74, 6) is 3.65. The minimum Gasteiger partial charge on any atom is -0.508 e. The summed E-state index contributed by atoms with van der Waals surface area (Å²) in [6, 6.07) is 51.8. The number of aryl methyl sites for hydroxylation is 2. The van der Waals surface area contributed by atoms with Crippen LogP contribution in [0.15, 0.2) is 146 Å². The average Bonchev–Trinajstić information content (AvgIpc) is 3.62. The lowest BCUT2D eigenvalue weighted by Gasteiger charge is -2.34. The van der Waals surface area contributed by atoms with E-state index < -0.39 is 5.41 Å². The topological polar surface area (TPSA) is 51.2 Å². The summed E-state index contributed by atoms with van der Waals surface area (Å²) in [5.41, 5.74) is 14.0. The molecule has 0 spiro atoms. The molecule has 7 aromatic rings. The van der Waals surface area contributed by atoms with Gasteiger partial charge in [0.2, 0.25) is 0 Å². The van der Waals surface area contributed by atoms with Crippen LogP contribution in [0.5, 0.6) is 28.7 Å². The maximum atomic E-state index is 10.6. The van der Waals surface area contributed by atoms with Crippen LogP contribution in [0, 0.1) is 13.8 Å². The first-order chi connectivity index (χ1) is 32.4. The van der Waals surface area contributed by atoms with Crippen LogP contribution >= 0.6 is 0 Å². The van der Waals surface area contributed by atoms with E-state index in [-0.39, 0.29) is 5.75 Å². The molecule has 338 valence electrons. The first kappa shape index (κ1) is 44.7. The monoisotopic (exact) mass is 875 g/mol. The van der Waals surface area contributed by atoms with E-state index in [2.05, 4.69) is 166 Å². The number of hydrogen-bond acceptors (Lipinski definition) is 5. The third kappa shape index (κ3) is 9.18. The Labute approximate surface area is 393 Å². The molecular weight excluding hydrogens is 811 g/mol. The minimum atomic E-state index is -0.652. The second kappa shape index (κ2) is 20.4. The Morgan fingerprint density at radius 3 is 1.58 bits per heavy atom. The molecule has 5 nitrogen and oxygen atoms in total. The van der Waals surface area contributed by atoms with Gasteiger partial charge in [0.05, 0.1) is 30.0 Å². The quantitative estimate of drug-likeness (QED) is 0.0773. The van der Waals surface area contributed by atoms with Gasteiger partial charge in [0.25, 0.3) is 0 Å². The number of fused-ring (bicyclic) bond motifs is 5. The fourth-order valence-electron chi connectivity index (χ4n) is 10.1. The van der Waals surface area contributed by atoms with Gasteiger partial charge in [0.1, 0.15) is 17.2 Å². The van der Waals surface area contributed by atoms with Gasteiger partial charge in [-0.05, 0) is 156 Å². The van der Waals surface area contributed by atoms with Gasteiger partial charge in [-0.3, -0.25) is 0 Å². The molecule has 0 bridgehead atoms. The van der Waals surface area contributed by atoms with E-state index in [1.54, 1.807) is 0 Å². The fourth-order valence-corrected chi connectivity index (χ4v) is 10.1. The maximum absolute atomic E-state index is 10.6. The Bertz CT molecular complexity index is 2740. The number of anilines is 3. The van der Waals surface area contributed by atoms with Crippen molar-refractivity contribution >= 4 is 17.1 Å². The molecule has 66 heavy (non-hydrogen) atoms. The number of phenolic OH excluding ortho intramolecular Hbond substituents is 1. The predicted molar refractivity (Wildman–Crippen MR) is 273 cm³/mol. The second-order valence-corrected chi connectivity index (χ2v) is 18.4. The third-order valence-corrected chi connectivity index (χ3v) is 13.6. The van der Waals surface area contributed by atoms with E-state index in [1.165, 1.54) is 92.0 Å².